The third-order valence-electron chi connectivity index (χ3n) is 4.26. The molecule has 1 aliphatic heterocycles. The van der Waals surface area contributed by atoms with Crippen molar-refractivity contribution in [3.63, 3.8) is 0 Å². The van der Waals surface area contributed by atoms with Gasteiger partial charge in [0.05, 0.1) is 5.56 Å². The van der Waals surface area contributed by atoms with Crippen LogP contribution in [0.25, 0.3) is 0 Å². The van der Waals surface area contributed by atoms with Crippen LogP contribution in [0.4, 0.5) is 5.82 Å². The number of likely N-dealkylation sites (tertiary alicyclic amines) is 1. The Bertz CT molecular complexity index is 704. The van der Waals surface area contributed by atoms with Crippen LogP contribution < -0.4 is 5.73 Å². The Hall–Kier alpha value is -2.47. The van der Waals surface area contributed by atoms with E-state index in [2.05, 4.69) is 14.9 Å². The molecule has 0 saturated carbocycles. The standard InChI is InChI=1S/C17H20N4O2/c18-16-14(2-1-4-20-16)11-21-5-3-12(10-21)6-13-7-15(17(22)23)9-19-8-13/h1-2,4,7-9,12H,3,5-6,10-11H2,(H2,18,20)(H,22,23). The molecule has 2 aromatic heterocycles. The molecule has 3 rings (SSSR count). The molecule has 0 spiro atoms. The van der Waals surface area contributed by atoms with Crippen molar-refractivity contribution < 1.29 is 9.90 Å². The van der Waals surface area contributed by atoms with E-state index in [1.165, 1.54) is 6.20 Å². The van der Waals surface area contributed by atoms with Crippen LogP contribution in [0.3, 0.4) is 0 Å². The quantitative estimate of drug-likeness (QED) is 0.875. The van der Waals surface area contributed by atoms with E-state index in [0.717, 1.165) is 43.6 Å². The molecule has 1 saturated heterocycles. The summed E-state index contributed by atoms with van der Waals surface area (Å²) in [6.07, 6.45) is 6.80. The maximum atomic E-state index is 11.0. The van der Waals surface area contributed by atoms with Crippen molar-refractivity contribution >= 4 is 11.8 Å². The molecule has 120 valence electrons. The zero-order valence-electron chi connectivity index (χ0n) is 12.9. The number of hydrogen-bond donors (Lipinski definition) is 2. The van der Waals surface area contributed by atoms with E-state index in [4.69, 9.17) is 10.8 Å². The number of pyridine rings is 2. The molecule has 1 atom stereocenters. The van der Waals surface area contributed by atoms with E-state index in [1.807, 2.05) is 12.1 Å². The fraction of sp³-hybridized carbons (Fsp3) is 0.353. The number of carboxylic acid groups (broad SMARTS) is 1. The summed E-state index contributed by atoms with van der Waals surface area (Å²) < 4.78 is 0. The van der Waals surface area contributed by atoms with Crippen molar-refractivity contribution in [3.05, 3.63) is 53.5 Å². The summed E-state index contributed by atoms with van der Waals surface area (Å²) in [5.74, 6) is 0.174. The van der Waals surface area contributed by atoms with Gasteiger partial charge in [-0.25, -0.2) is 9.78 Å². The number of carboxylic acids is 1. The zero-order valence-corrected chi connectivity index (χ0v) is 12.9. The fourth-order valence-electron chi connectivity index (χ4n) is 3.10. The zero-order chi connectivity index (χ0) is 16.2. The van der Waals surface area contributed by atoms with Crippen LogP contribution in [0.5, 0.6) is 0 Å². The van der Waals surface area contributed by atoms with Gasteiger partial charge in [0.2, 0.25) is 0 Å². The number of hydrogen-bond acceptors (Lipinski definition) is 5. The molecule has 0 bridgehead atoms. The summed E-state index contributed by atoms with van der Waals surface area (Å²) in [6, 6.07) is 5.63. The van der Waals surface area contributed by atoms with Gasteiger partial charge < -0.3 is 10.8 Å². The summed E-state index contributed by atoms with van der Waals surface area (Å²) >= 11 is 0. The average molecular weight is 312 g/mol. The van der Waals surface area contributed by atoms with Gasteiger partial charge in [-0.15, -0.1) is 0 Å². The summed E-state index contributed by atoms with van der Waals surface area (Å²) in [4.78, 5) is 21.5. The minimum Gasteiger partial charge on any atom is -0.478 e. The number of nitrogen functional groups attached to an aromatic ring is 1. The van der Waals surface area contributed by atoms with Crippen molar-refractivity contribution in [1.29, 1.82) is 0 Å². The number of nitrogens with zero attached hydrogens (tertiary/aromatic N) is 3. The highest BCUT2D eigenvalue weighted by Gasteiger charge is 2.23. The predicted octanol–water partition coefficient (Wildman–Crippen LogP) is 1.82. The molecule has 3 N–H and O–H groups in total. The lowest BCUT2D eigenvalue weighted by Gasteiger charge is -2.17. The molecule has 2 aromatic rings. The molecule has 6 nitrogen and oxygen atoms in total. The number of carbonyl (C=O) groups is 1. The van der Waals surface area contributed by atoms with Crippen LogP contribution in [0, 0.1) is 5.92 Å². The van der Waals surface area contributed by atoms with Crippen LogP contribution in [0.1, 0.15) is 27.9 Å². The Morgan fingerprint density at radius 1 is 1.43 bits per heavy atom. The van der Waals surface area contributed by atoms with Gasteiger partial charge in [-0.3, -0.25) is 9.88 Å². The Morgan fingerprint density at radius 3 is 3.09 bits per heavy atom. The Kier molecular flexibility index (Phi) is 4.52. The topological polar surface area (TPSA) is 92.3 Å². The van der Waals surface area contributed by atoms with Crippen molar-refractivity contribution in [2.45, 2.75) is 19.4 Å². The first-order chi connectivity index (χ1) is 11.1. The number of aromatic nitrogens is 2. The predicted molar refractivity (Wildman–Crippen MR) is 86.9 cm³/mol. The van der Waals surface area contributed by atoms with Crippen LogP contribution >= 0.6 is 0 Å². The summed E-state index contributed by atoms with van der Waals surface area (Å²) in [5.41, 5.74) is 8.19. The third kappa shape index (κ3) is 3.84. The first kappa shape index (κ1) is 15.4. The second-order valence-corrected chi connectivity index (χ2v) is 6.03. The van der Waals surface area contributed by atoms with Gasteiger partial charge in [0.25, 0.3) is 0 Å². The van der Waals surface area contributed by atoms with Gasteiger partial charge in [0.15, 0.2) is 0 Å². The monoisotopic (exact) mass is 312 g/mol. The number of rotatable bonds is 5. The second kappa shape index (κ2) is 6.75. The second-order valence-electron chi connectivity index (χ2n) is 6.03. The van der Waals surface area contributed by atoms with E-state index in [-0.39, 0.29) is 5.56 Å². The van der Waals surface area contributed by atoms with Gasteiger partial charge in [-0.1, -0.05) is 6.07 Å². The molecule has 1 aliphatic rings. The first-order valence-electron chi connectivity index (χ1n) is 7.71. The van der Waals surface area contributed by atoms with Crippen LogP contribution in [0.15, 0.2) is 36.8 Å². The van der Waals surface area contributed by atoms with Crippen LogP contribution in [0.2, 0.25) is 0 Å². The molecule has 0 amide bonds. The van der Waals surface area contributed by atoms with E-state index < -0.39 is 5.97 Å². The summed E-state index contributed by atoms with van der Waals surface area (Å²) in [7, 11) is 0. The van der Waals surface area contributed by atoms with Crippen LogP contribution in [-0.4, -0.2) is 39.0 Å². The molecule has 0 aromatic carbocycles. The minimum absolute atomic E-state index is 0.250. The maximum Gasteiger partial charge on any atom is 0.337 e. The van der Waals surface area contributed by atoms with Gasteiger partial charge in [0, 0.05) is 37.2 Å². The average Bonchev–Trinajstić information content (AvgIpc) is 2.97. The summed E-state index contributed by atoms with van der Waals surface area (Å²) in [5, 5.41) is 9.04. The molecule has 6 heteroatoms. The lowest BCUT2D eigenvalue weighted by molar-refractivity contribution is 0.0696. The highest BCUT2D eigenvalue weighted by molar-refractivity contribution is 5.87. The van der Waals surface area contributed by atoms with E-state index in [1.54, 1.807) is 18.5 Å². The van der Waals surface area contributed by atoms with E-state index in [0.29, 0.717) is 11.7 Å². The van der Waals surface area contributed by atoms with Gasteiger partial charge >= 0.3 is 5.97 Å². The molecule has 0 radical (unpaired) electrons. The van der Waals surface area contributed by atoms with Crippen molar-refractivity contribution in [3.8, 4) is 0 Å². The smallest absolute Gasteiger partial charge is 0.337 e. The molecule has 23 heavy (non-hydrogen) atoms. The van der Waals surface area contributed by atoms with Crippen molar-refractivity contribution in [2.24, 2.45) is 5.92 Å². The largest absolute Gasteiger partial charge is 0.478 e. The van der Waals surface area contributed by atoms with Crippen molar-refractivity contribution in [1.82, 2.24) is 14.9 Å². The fourth-order valence-corrected chi connectivity index (χ4v) is 3.10. The molecule has 0 aliphatic carbocycles. The lowest BCUT2D eigenvalue weighted by Crippen LogP contribution is -2.21. The minimum atomic E-state index is -0.931. The number of anilines is 1. The van der Waals surface area contributed by atoms with Gasteiger partial charge in [0.1, 0.15) is 5.82 Å². The Morgan fingerprint density at radius 2 is 2.30 bits per heavy atom. The normalized spacial score (nSPS) is 18.2. The number of aromatic carboxylic acids is 1. The highest BCUT2D eigenvalue weighted by atomic mass is 16.4. The molecular weight excluding hydrogens is 292 g/mol. The molecule has 3 heterocycles. The maximum absolute atomic E-state index is 11.0. The van der Waals surface area contributed by atoms with Gasteiger partial charge in [-0.05, 0) is 43.0 Å². The summed E-state index contributed by atoms with van der Waals surface area (Å²) in [6.45, 7) is 2.81. The van der Waals surface area contributed by atoms with Crippen LogP contribution in [-0.2, 0) is 13.0 Å². The third-order valence-corrected chi connectivity index (χ3v) is 4.26. The van der Waals surface area contributed by atoms with Gasteiger partial charge in [-0.2, -0.15) is 0 Å². The number of nitrogens with two attached hydrogens (primary N) is 1. The Labute approximate surface area is 135 Å². The highest BCUT2D eigenvalue weighted by Crippen LogP contribution is 2.23. The van der Waals surface area contributed by atoms with E-state index >= 15 is 0 Å². The molecule has 1 fully saturated rings. The molecular formula is C17H20N4O2. The van der Waals surface area contributed by atoms with E-state index in [9.17, 15) is 4.79 Å². The Balaban J connectivity index is 1.59. The molecule has 1 unspecified atom stereocenters. The van der Waals surface area contributed by atoms with Crippen molar-refractivity contribution in [2.75, 3.05) is 18.8 Å². The lowest BCUT2D eigenvalue weighted by atomic mass is 9.99. The first-order valence-corrected chi connectivity index (χ1v) is 7.71. The SMILES string of the molecule is Nc1ncccc1CN1CCC(Cc2cncc(C(=O)O)c2)C1.